The summed E-state index contributed by atoms with van der Waals surface area (Å²) < 4.78 is 10.7. The molecular weight excluding hydrogens is 414 g/mol. The van der Waals surface area contributed by atoms with E-state index in [0.29, 0.717) is 16.4 Å². The van der Waals surface area contributed by atoms with E-state index >= 15 is 0 Å². The lowest BCUT2D eigenvalue weighted by molar-refractivity contribution is 0.0661. The second kappa shape index (κ2) is 8.89. The van der Waals surface area contributed by atoms with Gasteiger partial charge in [-0.2, -0.15) is 0 Å². The number of halogens is 1. The third-order valence-corrected chi connectivity index (χ3v) is 5.37. The van der Waals surface area contributed by atoms with Crippen LogP contribution < -0.4 is 15.4 Å². The van der Waals surface area contributed by atoms with Crippen molar-refractivity contribution in [2.45, 2.75) is 26.9 Å². The number of urea groups is 1. The maximum absolute atomic E-state index is 12.6. The molecule has 3 aromatic rings. The van der Waals surface area contributed by atoms with E-state index < -0.39 is 6.03 Å². The summed E-state index contributed by atoms with van der Waals surface area (Å²) in [5, 5.41) is 6.75. The Labute approximate surface area is 177 Å². The molecular formula is C19H22ClN5O3S. The molecule has 2 amide bonds. The number of nitrogens with one attached hydrogen (secondary N) is 2. The van der Waals surface area contributed by atoms with Gasteiger partial charge in [0.1, 0.15) is 15.4 Å². The Bertz CT molecular complexity index is 1040. The van der Waals surface area contributed by atoms with Crippen LogP contribution in [0, 0.1) is 12.8 Å². The number of pyridine rings is 2. The molecule has 0 aliphatic carbocycles. The number of hydrogen-bond donors (Lipinski definition) is 2. The molecule has 0 aliphatic rings. The minimum absolute atomic E-state index is 0.167. The van der Waals surface area contributed by atoms with Crippen molar-refractivity contribution in [3.8, 4) is 5.88 Å². The van der Waals surface area contributed by atoms with Crippen LogP contribution in [-0.2, 0) is 4.74 Å². The molecule has 10 heteroatoms. The van der Waals surface area contributed by atoms with Gasteiger partial charge in [-0.1, -0.05) is 36.8 Å². The van der Waals surface area contributed by atoms with E-state index in [-0.39, 0.29) is 17.9 Å². The molecule has 3 rings (SSSR count). The Balaban J connectivity index is 1.92. The van der Waals surface area contributed by atoms with E-state index in [0.717, 1.165) is 20.9 Å². The zero-order chi connectivity index (χ0) is 21.1. The van der Waals surface area contributed by atoms with Gasteiger partial charge < -0.3 is 20.1 Å². The first-order chi connectivity index (χ1) is 13.8. The summed E-state index contributed by atoms with van der Waals surface area (Å²) in [6.45, 7) is 6.02. The van der Waals surface area contributed by atoms with E-state index in [9.17, 15) is 4.79 Å². The van der Waals surface area contributed by atoms with Gasteiger partial charge in [-0.05, 0) is 18.9 Å². The summed E-state index contributed by atoms with van der Waals surface area (Å²) in [4.78, 5) is 26.5. The average molecular weight is 436 g/mol. The number of aromatic nitrogens is 3. The van der Waals surface area contributed by atoms with Crippen molar-refractivity contribution >= 4 is 50.7 Å². The van der Waals surface area contributed by atoms with Crippen LogP contribution in [0.2, 0.25) is 5.02 Å². The fraction of sp³-hybridized carbons (Fsp3) is 0.368. The molecule has 2 N–H and O–H groups in total. The molecule has 1 atom stereocenters. The molecule has 0 saturated carbocycles. The number of ether oxygens (including phenoxy) is 2. The topological polar surface area (TPSA) is 98.3 Å². The van der Waals surface area contributed by atoms with Crippen LogP contribution in [0.25, 0.3) is 10.3 Å². The first kappa shape index (κ1) is 21.2. The minimum atomic E-state index is -0.457. The molecule has 29 heavy (non-hydrogen) atoms. The number of rotatable bonds is 6. The van der Waals surface area contributed by atoms with Crippen LogP contribution >= 0.6 is 22.9 Å². The quantitative estimate of drug-likeness (QED) is 0.562. The monoisotopic (exact) mass is 435 g/mol. The summed E-state index contributed by atoms with van der Waals surface area (Å²) in [5.41, 5.74) is 2.51. The Hall–Kier alpha value is -2.49. The van der Waals surface area contributed by atoms with Crippen molar-refractivity contribution in [1.29, 1.82) is 0 Å². The maximum Gasteiger partial charge on any atom is 0.323 e. The molecule has 0 radical (unpaired) electrons. The minimum Gasteiger partial charge on any atom is -0.480 e. The highest BCUT2D eigenvalue weighted by atomic mass is 35.5. The first-order valence-electron chi connectivity index (χ1n) is 8.90. The Morgan fingerprint density at radius 3 is 2.59 bits per heavy atom. The predicted molar refractivity (Wildman–Crippen MR) is 115 cm³/mol. The molecule has 1 unspecified atom stereocenters. The molecule has 0 spiro atoms. The summed E-state index contributed by atoms with van der Waals surface area (Å²) in [6, 6.07) is 1.10. The highest BCUT2D eigenvalue weighted by Gasteiger charge is 2.25. The molecule has 3 heterocycles. The van der Waals surface area contributed by atoms with Gasteiger partial charge in [0.15, 0.2) is 0 Å². The van der Waals surface area contributed by atoms with Crippen LogP contribution in [0.3, 0.4) is 0 Å². The zero-order valence-corrected chi connectivity index (χ0v) is 18.3. The summed E-state index contributed by atoms with van der Waals surface area (Å²) in [5.74, 6) is 0.453. The highest BCUT2D eigenvalue weighted by molar-refractivity contribution is 7.18. The highest BCUT2D eigenvalue weighted by Crippen LogP contribution is 2.37. The number of carbonyl (C=O) groups is 1. The standard InChI is InChI=1S/C19H22ClN5O3S/c1-9(2)16(27-4)14-13(8-22-18-15(14)23-10(3)29-18)25-19(26)24-11-6-12(20)17(28-5)21-7-11/h6-9,16H,1-5H3,(H2,24,25,26). The van der Waals surface area contributed by atoms with Crippen LogP contribution in [0.5, 0.6) is 5.88 Å². The zero-order valence-electron chi connectivity index (χ0n) is 16.7. The number of fused-ring (bicyclic) bond motifs is 1. The number of thiazole rings is 1. The van der Waals surface area contributed by atoms with E-state index in [1.807, 2.05) is 6.92 Å². The van der Waals surface area contributed by atoms with Gasteiger partial charge in [-0.3, -0.25) is 0 Å². The molecule has 0 saturated heterocycles. The molecule has 0 bridgehead atoms. The Kier molecular flexibility index (Phi) is 6.51. The summed E-state index contributed by atoms with van der Waals surface area (Å²) >= 11 is 7.57. The van der Waals surface area contributed by atoms with E-state index in [4.69, 9.17) is 21.1 Å². The van der Waals surface area contributed by atoms with Gasteiger partial charge in [0.05, 0.1) is 42.0 Å². The Morgan fingerprint density at radius 2 is 1.97 bits per heavy atom. The fourth-order valence-corrected chi connectivity index (χ4v) is 4.06. The summed E-state index contributed by atoms with van der Waals surface area (Å²) in [6.07, 6.45) is 2.83. The number of carbonyl (C=O) groups excluding carboxylic acids is 1. The van der Waals surface area contributed by atoms with Crippen molar-refractivity contribution < 1.29 is 14.3 Å². The molecule has 154 valence electrons. The van der Waals surface area contributed by atoms with Crippen molar-refractivity contribution in [2.75, 3.05) is 24.9 Å². The van der Waals surface area contributed by atoms with Crippen molar-refractivity contribution in [3.63, 3.8) is 0 Å². The SMILES string of the molecule is COc1ncc(NC(=O)Nc2cnc3sc(C)nc3c2C(OC)C(C)C)cc1Cl. The molecule has 0 aliphatic heterocycles. The van der Waals surface area contributed by atoms with Gasteiger partial charge >= 0.3 is 6.03 Å². The van der Waals surface area contributed by atoms with Crippen LogP contribution in [0.15, 0.2) is 18.5 Å². The van der Waals surface area contributed by atoms with Crippen molar-refractivity contribution in [2.24, 2.45) is 5.92 Å². The maximum atomic E-state index is 12.6. The molecule has 0 fully saturated rings. The van der Waals surface area contributed by atoms with Crippen LogP contribution in [-0.4, -0.2) is 35.2 Å². The molecule has 3 aromatic heterocycles. The molecule has 0 aromatic carbocycles. The lowest BCUT2D eigenvalue weighted by atomic mass is 9.97. The van der Waals surface area contributed by atoms with E-state index in [1.54, 1.807) is 19.4 Å². The third-order valence-electron chi connectivity index (χ3n) is 4.22. The number of aryl methyl sites for hydroxylation is 1. The average Bonchev–Trinajstić information content (AvgIpc) is 3.04. The largest absolute Gasteiger partial charge is 0.480 e. The lowest BCUT2D eigenvalue weighted by Crippen LogP contribution is -2.22. The second-order valence-corrected chi connectivity index (χ2v) is 8.26. The number of hydrogen-bond acceptors (Lipinski definition) is 7. The van der Waals surface area contributed by atoms with Gasteiger partial charge in [0, 0.05) is 12.7 Å². The molecule has 8 nitrogen and oxygen atoms in total. The fourth-order valence-electron chi connectivity index (χ4n) is 3.04. The van der Waals surface area contributed by atoms with E-state index in [1.165, 1.54) is 24.6 Å². The van der Waals surface area contributed by atoms with Gasteiger partial charge in [-0.15, -0.1) is 0 Å². The first-order valence-corrected chi connectivity index (χ1v) is 10.1. The van der Waals surface area contributed by atoms with Gasteiger partial charge in [-0.25, -0.2) is 19.7 Å². The predicted octanol–water partition coefficient (Wildman–Crippen LogP) is 5.04. The number of methoxy groups -OCH3 is 2. The lowest BCUT2D eigenvalue weighted by Gasteiger charge is -2.23. The smallest absolute Gasteiger partial charge is 0.323 e. The second-order valence-electron chi connectivity index (χ2n) is 6.67. The van der Waals surface area contributed by atoms with Gasteiger partial charge in [0.2, 0.25) is 5.88 Å². The Morgan fingerprint density at radius 1 is 1.21 bits per heavy atom. The van der Waals surface area contributed by atoms with E-state index in [2.05, 4.69) is 39.4 Å². The van der Waals surface area contributed by atoms with Crippen LogP contribution in [0.4, 0.5) is 16.2 Å². The van der Waals surface area contributed by atoms with Crippen molar-refractivity contribution in [3.05, 3.63) is 34.1 Å². The number of nitrogens with zero attached hydrogens (tertiary/aromatic N) is 3. The normalized spacial score (nSPS) is 12.2. The summed E-state index contributed by atoms with van der Waals surface area (Å²) in [7, 11) is 3.12. The van der Waals surface area contributed by atoms with Gasteiger partial charge in [0.25, 0.3) is 0 Å². The third kappa shape index (κ3) is 4.58. The van der Waals surface area contributed by atoms with Crippen LogP contribution in [0.1, 0.15) is 30.5 Å². The number of amides is 2. The van der Waals surface area contributed by atoms with Crippen molar-refractivity contribution in [1.82, 2.24) is 15.0 Å². The number of anilines is 2.